The van der Waals surface area contributed by atoms with Crippen molar-refractivity contribution in [3.63, 3.8) is 0 Å². The number of nitrogens with one attached hydrogen (secondary N) is 1. The molecular formula is C20H15Cl2FN2O4. The summed E-state index contributed by atoms with van der Waals surface area (Å²) < 4.78 is 18.8. The quantitative estimate of drug-likeness (QED) is 0.549. The van der Waals surface area contributed by atoms with E-state index in [1.54, 1.807) is 0 Å². The lowest BCUT2D eigenvalue weighted by Gasteiger charge is -2.26. The first kappa shape index (κ1) is 20.8. The fourth-order valence-electron chi connectivity index (χ4n) is 2.68. The molecule has 1 fully saturated rings. The molecule has 0 atom stereocenters. The van der Waals surface area contributed by atoms with Crippen LogP contribution in [0.3, 0.4) is 0 Å². The van der Waals surface area contributed by atoms with E-state index in [-0.39, 0.29) is 27.1 Å². The Morgan fingerprint density at radius 3 is 2.48 bits per heavy atom. The van der Waals surface area contributed by atoms with E-state index in [0.717, 1.165) is 17.0 Å². The van der Waals surface area contributed by atoms with Crippen molar-refractivity contribution in [2.24, 2.45) is 0 Å². The second-order valence-electron chi connectivity index (χ2n) is 6.09. The van der Waals surface area contributed by atoms with Crippen molar-refractivity contribution in [3.8, 4) is 5.75 Å². The number of amides is 4. The van der Waals surface area contributed by atoms with Crippen molar-refractivity contribution in [1.29, 1.82) is 0 Å². The lowest BCUT2D eigenvalue weighted by Crippen LogP contribution is -2.54. The first-order chi connectivity index (χ1) is 13.8. The summed E-state index contributed by atoms with van der Waals surface area (Å²) in [6.45, 7) is 2.27. The highest BCUT2D eigenvalue weighted by molar-refractivity contribution is 6.40. The predicted octanol–water partition coefficient (Wildman–Crippen LogP) is 4.59. The van der Waals surface area contributed by atoms with Crippen LogP contribution >= 0.6 is 23.2 Å². The van der Waals surface area contributed by atoms with E-state index in [0.29, 0.717) is 18.6 Å². The number of benzene rings is 2. The van der Waals surface area contributed by atoms with Crippen LogP contribution in [-0.4, -0.2) is 24.5 Å². The zero-order valence-electron chi connectivity index (χ0n) is 15.2. The van der Waals surface area contributed by atoms with E-state index in [1.807, 2.05) is 6.92 Å². The lowest BCUT2D eigenvalue weighted by molar-refractivity contribution is -0.122. The summed E-state index contributed by atoms with van der Waals surface area (Å²) in [5, 5.41) is 2.59. The Morgan fingerprint density at radius 1 is 1.14 bits per heavy atom. The number of nitrogens with zero attached hydrogens (tertiary/aromatic N) is 1. The smallest absolute Gasteiger partial charge is 0.335 e. The summed E-state index contributed by atoms with van der Waals surface area (Å²) in [4.78, 5) is 38.2. The van der Waals surface area contributed by atoms with Gasteiger partial charge in [0.2, 0.25) is 0 Å². The number of hydrogen-bond donors (Lipinski definition) is 1. The minimum absolute atomic E-state index is 0.110. The Bertz CT molecular complexity index is 1020. The van der Waals surface area contributed by atoms with Gasteiger partial charge in [-0.25, -0.2) is 14.1 Å². The zero-order chi connectivity index (χ0) is 21.1. The summed E-state index contributed by atoms with van der Waals surface area (Å²) in [5.41, 5.74) is 0.0929. The zero-order valence-corrected chi connectivity index (χ0v) is 16.7. The van der Waals surface area contributed by atoms with Gasteiger partial charge in [0.25, 0.3) is 11.8 Å². The van der Waals surface area contributed by atoms with Crippen molar-refractivity contribution in [1.82, 2.24) is 5.32 Å². The number of halogens is 3. The highest BCUT2D eigenvalue weighted by Gasteiger charge is 2.37. The van der Waals surface area contributed by atoms with Crippen LogP contribution in [-0.2, 0) is 9.59 Å². The van der Waals surface area contributed by atoms with Gasteiger partial charge in [-0.2, -0.15) is 0 Å². The van der Waals surface area contributed by atoms with Gasteiger partial charge >= 0.3 is 6.03 Å². The van der Waals surface area contributed by atoms with Crippen LogP contribution < -0.4 is 15.0 Å². The van der Waals surface area contributed by atoms with E-state index in [9.17, 15) is 18.8 Å². The molecule has 1 N–H and O–H groups in total. The van der Waals surface area contributed by atoms with Crippen LogP contribution in [0.4, 0.5) is 14.9 Å². The van der Waals surface area contributed by atoms with Crippen LogP contribution in [0, 0.1) is 5.82 Å². The number of ether oxygens (including phenoxy) is 1. The monoisotopic (exact) mass is 436 g/mol. The average Bonchev–Trinajstić information content (AvgIpc) is 2.65. The van der Waals surface area contributed by atoms with Gasteiger partial charge in [-0.3, -0.25) is 14.9 Å². The number of rotatable bonds is 5. The molecule has 9 heteroatoms. The molecular weight excluding hydrogens is 422 g/mol. The number of hydrogen-bond acceptors (Lipinski definition) is 4. The van der Waals surface area contributed by atoms with Gasteiger partial charge in [0.15, 0.2) is 0 Å². The Balaban J connectivity index is 2.06. The summed E-state index contributed by atoms with van der Waals surface area (Å²) in [6, 6.07) is 6.75. The molecule has 29 heavy (non-hydrogen) atoms. The second-order valence-corrected chi connectivity index (χ2v) is 6.93. The van der Waals surface area contributed by atoms with E-state index < -0.39 is 23.7 Å². The maximum Gasteiger partial charge on any atom is 0.335 e. The minimum atomic E-state index is -0.935. The molecule has 0 aromatic heterocycles. The number of anilines is 1. The molecule has 1 heterocycles. The van der Waals surface area contributed by atoms with Crippen LogP contribution in [0.15, 0.2) is 42.0 Å². The summed E-state index contributed by atoms with van der Waals surface area (Å²) in [7, 11) is 0. The van der Waals surface area contributed by atoms with Crippen molar-refractivity contribution < 1.29 is 23.5 Å². The third kappa shape index (κ3) is 4.41. The molecule has 2 aromatic carbocycles. The number of imide groups is 2. The van der Waals surface area contributed by atoms with Gasteiger partial charge in [0, 0.05) is 10.6 Å². The maximum atomic E-state index is 13.2. The Morgan fingerprint density at radius 2 is 1.83 bits per heavy atom. The molecule has 0 radical (unpaired) electrons. The lowest BCUT2D eigenvalue weighted by atomic mass is 10.1. The van der Waals surface area contributed by atoms with Gasteiger partial charge in [-0.15, -0.1) is 0 Å². The molecule has 0 saturated carbocycles. The normalized spacial score (nSPS) is 15.7. The molecule has 0 bridgehead atoms. The Hall–Kier alpha value is -2.90. The Kier molecular flexibility index (Phi) is 6.20. The van der Waals surface area contributed by atoms with E-state index in [2.05, 4.69) is 5.32 Å². The highest BCUT2D eigenvalue weighted by Crippen LogP contribution is 2.35. The molecule has 3 rings (SSSR count). The molecule has 1 aliphatic rings. The van der Waals surface area contributed by atoms with E-state index in [4.69, 9.17) is 27.9 Å². The molecule has 1 saturated heterocycles. The van der Waals surface area contributed by atoms with E-state index >= 15 is 0 Å². The first-order valence-electron chi connectivity index (χ1n) is 8.60. The number of carbonyl (C=O) groups excluding carboxylic acids is 3. The third-order valence-electron chi connectivity index (χ3n) is 3.97. The van der Waals surface area contributed by atoms with Gasteiger partial charge in [0.05, 0.1) is 17.3 Å². The van der Waals surface area contributed by atoms with E-state index in [1.165, 1.54) is 30.3 Å². The van der Waals surface area contributed by atoms with Gasteiger partial charge < -0.3 is 4.74 Å². The molecule has 6 nitrogen and oxygen atoms in total. The summed E-state index contributed by atoms with van der Waals surface area (Å²) in [5.74, 6) is -2.02. The van der Waals surface area contributed by atoms with Gasteiger partial charge in [-0.1, -0.05) is 30.1 Å². The average molecular weight is 437 g/mol. The topological polar surface area (TPSA) is 75.7 Å². The fraction of sp³-hybridized carbons (Fsp3) is 0.150. The van der Waals surface area contributed by atoms with Gasteiger partial charge in [0.1, 0.15) is 17.1 Å². The molecule has 150 valence electrons. The first-order valence-corrected chi connectivity index (χ1v) is 9.36. The number of barbiturate groups is 1. The SMILES string of the molecule is CCCOc1c(Cl)cc(Cl)cc1/C=C1\C(=O)NC(=O)N(c2ccc(F)cc2)C1=O. The van der Waals surface area contributed by atoms with Crippen LogP contribution in [0.25, 0.3) is 6.08 Å². The molecule has 0 spiro atoms. The van der Waals surface area contributed by atoms with Crippen molar-refractivity contribution >= 4 is 52.8 Å². The van der Waals surface area contributed by atoms with Crippen LogP contribution in [0.5, 0.6) is 5.75 Å². The highest BCUT2D eigenvalue weighted by atomic mass is 35.5. The predicted molar refractivity (Wildman–Crippen MR) is 108 cm³/mol. The largest absolute Gasteiger partial charge is 0.491 e. The molecule has 1 aliphatic heterocycles. The molecule has 0 unspecified atom stereocenters. The maximum absolute atomic E-state index is 13.2. The standard InChI is InChI=1S/C20H15Cl2FN2O4/c1-2-7-29-17-11(8-12(21)10-16(17)22)9-15-18(26)24-20(28)25(19(15)27)14-5-3-13(23)4-6-14/h3-6,8-10H,2,7H2,1H3,(H,24,26,28)/b15-9+. The minimum Gasteiger partial charge on any atom is -0.491 e. The van der Waals surface area contributed by atoms with Crippen molar-refractivity contribution in [2.45, 2.75) is 13.3 Å². The van der Waals surface area contributed by atoms with Gasteiger partial charge in [-0.05, 0) is 48.9 Å². The third-order valence-corrected chi connectivity index (χ3v) is 4.47. The second kappa shape index (κ2) is 8.63. The summed E-state index contributed by atoms with van der Waals surface area (Å²) >= 11 is 12.3. The fourth-order valence-corrected chi connectivity index (χ4v) is 3.25. The molecule has 2 aromatic rings. The Labute approximate surface area is 175 Å². The van der Waals surface area contributed by atoms with Crippen molar-refractivity contribution in [2.75, 3.05) is 11.5 Å². The van der Waals surface area contributed by atoms with Crippen LogP contribution in [0.1, 0.15) is 18.9 Å². The summed E-state index contributed by atoms with van der Waals surface area (Å²) in [6.07, 6.45) is 1.96. The van der Waals surface area contributed by atoms with Crippen molar-refractivity contribution in [3.05, 3.63) is 63.4 Å². The molecule has 0 aliphatic carbocycles. The van der Waals surface area contributed by atoms with Crippen LogP contribution in [0.2, 0.25) is 10.0 Å². The number of urea groups is 1. The molecule has 4 amide bonds. The number of carbonyl (C=O) groups is 3.